The summed E-state index contributed by atoms with van der Waals surface area (Å²) in [6, 6.07) is 6.65. The fraction of sp³-hybridized carbons (Fsp3) is 0.611. The first kappa shape index (κ1) is 26.6. The number of sulfone groups is 1. The zero-order valence-electron chi connectivity index (χ0n) is 15.9. The normalized spacial score (nSPS) is 13.0. The minimum Gasteiger partial charge on any atom is -0.396 e. The first-order valence-corrected chi connectivity index (χ1v) is 11.5. The van der Waals surface area contributed by atoms with Crippen LogP contribution in [0.5, 0.6) is 0 Å². The molecule has 0 fully saturated rings. The Kier molecular flexibility index (Phi) is 14.4. The molecule has 1 aromatic carbocycles. The van der Waals surface area contributed by atoms with Gasteiger partial charge in [-0.3, -0.25) is 4.99 Å². The highest BCUT2D eigenvalue weighted by molar-refractivity contribution is 14.0. The van der Waals surface area contributed by atoms with E-state index in [1.54, 1.807) is 24.3 Å². The molecule has 3 N–H and O–H groups in total. The van der Waals surface area contributed by atoms with Gasteiger partial charge in [-0.25, -0.2) is 8.42 Å². The van der Waals surface area contributed by atoms with E-state index in [2.05, 4.69) is 38.5 Å². The number of halogens is 2. The molecule has 27 heavy (non-hydrogen) atoms. The van der Waals surface area contributed by atoms with Gasteiger partial charge >= 0.3 is 0 Å². The van der Waals surface area contributed by atoms with Gasteiger partial charge in [0.2, 0.25) is 0 Å². The number of nitrogens with zero attached hydrogens (tertiary/aromatic N) is 1. The SMILES string of the molecule is CCCC(CCO)CN=C(NCC)NCCS(=O)(=O)c1ccc(Br)cc1.I. The molecule has 1 atom stereocenters. The number of aliphatic hydroxyl groups excluding tert-OH is 1. The van der Waals surface area contributed by atoms with Crippen LogP contribution in [-0.4, -0.2) is 51.5 Å². The van der Waals surface area contributed by atoms with E-state index in [0.29, 0.717) is 29.9 Å². The van der Waals surface area contributed by atoms with E-state index in [4.69, 9.17) is 5.11 Å². The molecule has 6 nitrogen and oxygen atoms in total. The summed E-state index contributed by atoms with van der Waals surface area (Å²) < 4.78 is 25.6. The number of rotatable bonds is 11. The summed E-state index contributed by atoms with van der Waals surface area (Å²) in [5.41, 5.74) is 0. The lowest BCUT2D eigenvalue weighted by Crippen LogP contribution is -2.40. The maximum Gasteiger partial charge on any atom is 0.191 e. The van der Waals surface area contributed by atoms with Crippen LogP contribution in [0.25, 0.3) is 0 Å². The number of benzene rings is 1. The first-order chi connectivity index (χ1) is 12.4. The average molecular weight is 576 g/mol. The van der Waals surface area contributed by atoms with E-state index in [-0.39, 0.29) is 42.9 Å². The second-order valence-corrected chi connectivity index (χ2v) is 9.11. The van der Waals surface area contributed by atoms with Crippen molar-refractivity contribution in [3.8, 4) is 0 Å². The molecule has 156 valence electrons. The van der Waals surface area contributed by atoms with Crippen molar-refractivity contribution in [1.29, 1.82) is 0 Å². The van der Waals surface area contributed by atoms with Crippen LogP contribution in [0, 0.1) is 5.92 Å². The van der Waals surface area contributed by atoms with Gasteiger partial charge in [-0.15, -0.1) is 24.0 Å². The lowest BCUT2D eigenvalue weighted by atomic mass is 10.0. The molecule has 1 aromatic rings. The van der Waals surface area contributed by atoms with Gasteiger partial charge in [0, 0.05) is 30.7 Å². The smallest absolute Gasteiger partial charge is 0.191 e. The summed E-state index contributed by atoms with van der Waals surface area (Å²) in [4.78, 5) is 4.85. The fourth-order valence-corrected chi connectivity index (χ4v) is 3.97. The van der Waals surface area contributed by atoms with Gasteiger partial charge in [-0.1, -0.05) is 29.3 Å². The molecule has 0 aromatic heterocycles. The summed E-state index contributed by atoms with van der Waals surface area (Å²) in [7, 11) is -3.34. The van der Waals surface area contributed by atoms with Crippen LogP contribution in [0.2, 0.25) is 0 Å². The molecular weight excluding hydrogens is 545 g/mol. The number of hydrogen-bond acceptors (Lipinski definition) is 4. The first-order valence-electron chi connectivity index (χ1n) is 9.04. The maximum atomic E-state index is 12.4. The molecule has 0 aliphatic heterocycles. The van der Waals surface area contributed by atoms with Crippen molar-refractivity contribution in [3.63, 3.8) is 0 Å². The van der Waals surface area contributed by atoms with Gasteiger partial charge in [0.15, 0.2) is 15.8 Å². The van der Waals surface area contributed by atoms with Gasteiger partial charge in [0.05, 0.1) is 10.6 Å². The Morgan fingerprint density at radius 2 is 1.85 bits per heavy atom. The lowest BCUT2D eigenvalue weighted by Gasteiger charge is -2.15. The van der Waals surface area contributed by atoms with E-state index < -0.39 is 9.84 Å². The third kappa shape index (κ3) is 10.7. The summed E-state index contributed by atoms with van der Waals surface area (Å²) in [6.07, 6.45) is 2.80. The highest BCUT2D eigenvalue weighted by Crippen LogP contribution is 2.15. The number of nitrogens with one attached hydrogen (secondary N) is 2. The van der Waals surface area contributed by atoms with Crippen molar-refractivity contribution < 1.29 is 13.5 Å². The van der Waals surface area contributed by atoms with Crippen molar-refractivity contribution in [1.82, 2.24) is 10.6 Å². The predicted octanol–water partition coefficient (Wildman–Crippen LogP) is 3.19. The highest BCUT2D eigenvalue weighted by Gasteiger charge is 2.14. The second kappa shape index (κ2) is 14.6. The summed E-state index contributed by atoms with van der Waals surface area (Å²) >= 11 is 3.31. The molecule has 9 heteroatoms. The van der Waals surface area contributed by atoms with Crippen molar-refractivity contribution in [2.75, 3.05) is 32.0 Å². The molecule has 0 saturated heterocycles. The molecule has 1 unspecified atom stereocenters. The molecule has 0 spiro atoms. The van der Waals surface area contributed by atoms with Gasteiger partial charge in [0.1, 0.15) is 0 Å². The molecular formula is C18H31BrIN3O3S. The van der Waals surface area contributed by atoms with Gasteiger partial charge in [-0.05, 0) is 49.9 Å². The van der Waals surface area contributed by atoms with Crippen molar-refractivity contribution in [2.24, 2.45) is 10.9 Å². The molecule has 0 aliphatic rings. The van der Waals surface area contributed by atoms with Gasteiger partial charge in [-0.2, -0.15) is 0 Å². The minimum absolute atomic E-state index is 0. The third-order valence-electron chi connectivity index (χ3n) is 3.92. The zero-order chi connectivity index (χ0) is 19.4. The van der Waals surface area contributed by atoms with Crippen LogP contribution >= 0.6 is 39.9 Å². The Balaban J connectivity index is 0.00000676. The topological polar surface area (TPSA) is 90.8 Å². The van der Waals surface area contributed by atoms with Gasteiger partial charge < -0.3 is 15.7 Å². The van der Waals surface area contributed by atoms with Gasteiger partial charge in [0.25, 0.3) is 0 Å². The monoisotopic (exact) mass is 575 g/mol. The highest BCUT2D eigenvalue weighted by atomic mass is 127. The van der Waals surface area contributed by atoms with Crippen molar-refractivity contribution in [2.45, 2.75) is 38.0 Å². The molecule has 0 saturated carbocycles. The molecule has 0 bridgehead atoms. The van der Waals surface area contributed by atoms with Crippen LogP contribution in [-0.2, 0) is 9.84 Å². The number of hydrogen-bond donors (Lipinski definition) is 3. The number of guanidine groups is 1. The number of aliphatic imine (C=N–C) groups is 1. The van der Waals surface area contributed by atoms with Crippen molar-refractivity contribution in [3.05, 3.63) is 28.7 Å². The Morgan fingerprint density at radius 1 is 1.19 bits per heavy atom. The van der Waals surface area contributed by atoms with Crippen LogP contribution in [0.4, 0.5) is 0 Å². The van der Waals surface area contributed by atoms with E-state index >= 15 is 0 Å². The van der Waals surface area contributed by atoms with E-state index in [1.165, 1.54) is 0 Å². The Morgan fingerprint density at radius 3 is 2.41 bits per heavy atom. The third-order valence-corrected chi connectivity index (χ3v) is 6.18. The maximum absolute atomic E-state index is 12.4. The molecule has 0 heterocycles. The quantitative estimate of drug-likeness (QED) is 0.214. The molecule has 0 radical (unpaired) electrons. The summed E-state index contributed by atoms with van der Waals surface area (Å²) in [5.74, 6) is 0.943. The summed E-state index contributed by atoms with van der Waals surface area (Å²) in [6.45, 7) is 5.84. The van der Waals surface area contributed by atoms with Crippen LogP contribution in [0.3, 0.4) is 0 Å². The largest absolute Gasteiger partial charge is 0.396 e. The second-order valence-electron chi connectivity index (χ2n) is 6.09. The average Bonchev–Trinajstić information content (AvgIpc) is 2.60. The van der Waals surface area contributed by atoms with Crippen LogP contribution < -0.4 is 10.6 Å². The van der Waals surface area contributed by atoms with E-state index in [9.17, 15) is 8.42 Å². The number of aliphatic hydroxyl groups is 1. The molecule has 1 rings (SSSR count). The van der Waals surface area contributed by atoms with E-state index in [0.717, 1.165) is 23.7 Å². The summed E-state index contributed by atoms with van der Waals surface area (Å²) in [5, 5.41) is 15.4. The predicted molar refractivity (Wildman–Crippen MR) is 126 cm³/mol. The van der Waals surface area contributed by atoms with Crippen LogP contribution in [0.15, 0.2) is 38.6 Å². The van der Waals surface area contributed by atoms with Crippen LogP contribution in [0.1, 0.15) is 33.1 Å². The van der Waals surface area contributed by atoms with E-state index in [1.807, 2.05) is 6.92 Å². The standard InChI is InChI=1S/C18H30BrN3O3S.HI/c1-3-5-15(10-12-23)14-22-18(20-4-2)21-11-13-26(24,25)17-8-6-16(19)7-9-17;/h6-9,15,23H,3-5,10-14H2,1-2H3,(H2,20,21,22);1H. The minimum atomic E-state index is -3.34. The molecule has 0 aliphatic carbocycles. The lowest BCUT2D eigenvalue weighted by molar-refractivity contribution is 0.253. The van der Waals surface area contributed by atoms with Crippen molar-refractivity contribution >= 4 is 55.7 Å². The fourth-order valence-electron chi connectivity index (χ4n) is 2.54. The molecule has 0 amide bonds. The Bertz CT molecular complexity index is 648. The zero-order valence-corrected chi connectivity index (χ0v) is 20.7. The Labute approximate surface area is 188 Å². The Hall–Kier alpha value is -0.390.